The predicted molar refractivity (Wildman–Crippen MR) is 93.2 cm³/mol. The SMILES string of the molecule is CCCNC(Cc1cc(Cl)ccc1Cl)c1ccc(Br)s1. The van der Waals surface area contributed by atoms with E-state index in [9.17, 15) is 0 Å². The van der Waals surface area contributed by atoms with E-state index in [1.165, 1.54) is 4.88 Å². The Morgan fingerprint density at radius 2 is 2.05 bits per heavy atom. The molecule has 0 spiro atoms. The highest BCUT2D eigenvalue weighted by atomic mass is 79.9. The second-order valence-corrected chi connectivity index (χ2v) is 7.93. The molecule has 1 atom stereocenters. The van der Waals surface area contributed by atoms with Gasteiger partial charge in [-0.1, -0.05) is 30.1 Å². The van der Waals surface area contributed by atoms with Crippen LogP contribution in [0.5, 0.6) is 0 Å². The maximum atomic E-state index is 6.27. The van der Waals surface area contributed by atoms with E-state index in [4.69, 9.17) is 23.2 Å². The third-order valence-electron chi connectivity index (χ3n) is 3.01. The van der Waals surface area contributed by atoms with Crippen LogP contribution in [-0.4, -0.2) is 6.54 Å². The molecule has 1 aromatic heterocycles. The van der Waals surface area contributed by atoms with Crippen molar-refractivity contribution in [2.24, 2.45) is 0 Å². The summed E-state index contributed by atoms with van der Waals surface area (Å²) in [6.45, 7) is 3.15. The topological polar surface area (TPSA) is 12.0 Å². The van der Waals surface area contributed by atoms with Crippen molar-refractivity contribution in [1.82, 2.24) is 5.32 Å². The lowest BCUT2D eigenvalue weighted by molar-refractivity contribution is 0.536. The lowest BCUT2D eigenvalue weighted by Crippen LogP contribution is -2.23. The monoisotopic (exact) mass is 391 g/mol. The minimum Gasteiger partial charge on any atom is -0.309 e. The van der Waals surface area contributed by atoms with Gasteiger partial charge in [0.1, 0.15) is 0 Å². The van der Waals surface area contributed by atoms with Gasteiger partial charge in [-0.15, -0.1) is 11.3 Å². The van der Waals surface area contributed by atoms with Crippen LogP contribution in [0.2, 0.25) is 10.0 Å². The van der Waals surface area contributed by atoms with Crippen molar-refractivity contribution >= 4 is 50.5 Å². The molecule has 1 N–H and O–H groups in total. The Labute approximate surface area is 142 Å². The summed E-state index contributed by atoms with van der Waals surface area (Å²) in [6.07, 6.45) is 1.94. The summed E-state index contributed by atoms with van der Waals surface area (Å²) in [5.74, 6) is 0. The van der Waals surface area contributed by atoms with Crippen LogP contribution in [0.3, 0.4) is 0 Å². The molecule has 1 unspecified atom stereocenters. The zero-order chi connectivity index (χ0) is 14.5. The lowest BCUT2D eigenvalue weighted by Gasteiger charge is -2.18. The molecular formula is C15H16BrCl2NS. The standard InChI is InChI=1S/C15H16BrCl2NS/c1-2-7-19-13(14-5-6-15(16)20-14)9-10-8-11(17)3-4-12(10)18/h3-6,8,13,19H,2,7,9H2,1H3. The summed E-state index contributed by atoms with van der Waals surface area (Å²) < 4.78 is 1.15. The van der Waals surface area contributed by atoms with Crippen molar-refractivity contribution in [2.45, 2.75) is 25.8 Å². The van der Waals surface area contributed by atoms with Gasteiger partial charge in [0.2, 0.25) is 0 Å². The summed E-state index contributed by atoms with van der Waals surface area (Å²) >= 11 is 17.6. The molecule has 20 heavy (non-hydrogen) atoms. The summed E-state index contributed by atoms with van der Waals surface area (Å²) in [4.78, 5) is 1.31. The van der Waals surface area contributed by atoms with Gasteiger partial charge in [-0.2, -0.15) is 0 Å². The molecule has 108 valence electrons. The van der Waals surface area contributed by atoms with Crippen LogP contribution in [0.1, 0.15) is 29.8 Å². The number of nitrogens with one attached hydrogen (secondary N) is 1. The van der Waals surface area contributed by atoms with Gasteiger partial charge in [0, 0.05) is 21.0 Å². The third-order valence-corrected chi connectivity index (χ3v) is 5.35. The maximum absolute atomic E-state index is 6.27. The fourth-order valence-electron chi connectivity index (χ4n) is 2.03. The Hall–Kier alpha value is -0.0600. The van der Waals surface area contributed by atoms with Gasteiger partial charge in [0.05, 0.1) is 3.79 Å². The van der Waals surface area contributed by atoms with Crippen LogP contribution in [0, 0.1) is 0 Å². The van der Waals surface area contributed by atoms with Gasteiger partial charge in [-0.25, -0.2) is 0 Å². The van der Waals surface area contributed by atoms with E-state index in [1.807, 2.05) is 18.2 Å². The van der Waals surface area contributed by atoms with Gasteiger partial charge < -0.3 is 5.32 Å². The predicted octanol–water partition coefficient (Wildman–Crippen LogP) is 6.10. The number of thiophene rings is 1. The number of hydrogen-bond donors (Lipinski definition) is 1. The Bertz CT molecular complexity index is 571. The van der Waals surface area contributed by atoms with Crippen LogP contribution in [0.15, 0.2) is 34.1 Å². The summed E-state index contributed by atoms with van der Waals surface area (Å²) in [7, 11) is 0. The van der Waals surface area contributed by atoms with Gasteiger partial charge >= 0.3 is 0 Å². The summed E-state index contributed by atoms with van der Waals surface area (Å²) in [5, 5.41) is 5.08. The highest BCUT2D eigenvalue weighted by molar-refractivity contribution is 9.11. The Kier molecular flexibility index (Phi) is 6.37. The van der Waals surface area contributed by atoms with Gasteiger partial charge in [-0.3, -0.25) is 0 Å². The molecule has 5 heteroatoms. The fraction of sp³-hybridized carbons (Fsp3) is 0.333. The van der Waals surface area contributed by atoms with E-state index in [2.05, 4.69) is 40.3 Å². The molecule has 2 aromatic rings. The highest BCUT2D eigenvalue weighted by Crippen LogP contribution is 2.31. The van der Waals surface area contributed by atoms with E-state index in [0.29, 0.717) is 0 Å². The van der Waals surface area contributed by atoms with Crippen molar-refractivity contribution in [1.29, 1.82) is 0 Å². The molecule has 0 bridgehead atoms. The maximum Gasteiger partial charge on any atom is 0.0701 e. The molecule has 0 aliphatic carbocycles. The molecule has 0 aliphatic rings. The second kappa shape index (κ2) is 7.81. The second-order valence-electron chi connectivity index (χ2n) is 4.59. The van der Waals surface area contributed by atoms with Gasteiger partial charge in [0.15, 0.2) is 0 Å². The van der Waals surface area contributed by atoms with E-state index in [0.717, 1.165) is 38.8 Å². The van der Waals surface area contributed by atoms with Crippen LogP contribution in [0.25, 0.3) is 0 Å². The van der Waals surface area contributed by atoms with Crippen molar-refractivity contribution in [3.63, 3.8) is 0 Å². The average Bonchev–Trinajstić information content (AvgIpc) is 2.85. The van der Waals surface area contributed by atoms with Gasteiger partial charge in [-0.05, 0) is 71.2 Å². The van der Waals surface area contributed by atoms with Crippen molar-refractivity contribution in [2.75, 3.05) is 6.54 Å². The fourth-order valence-corrected chi connectivity index (χ4v) is 3.92. The minimum absolute atomic E-state index is 0.266. The van der Waals surface area contributed by atoms with E-state index < -0.39 is 0 Å². The molecule has 0 fully saturated rings. The van der Waals surface area contributed by atoms with E-state index in [1.54, 1.807) is 11.3 Å². The molecule has 2 rings (SSSR count). The molecule has 0 aliphatic heterocycles. The number of halogens is 3. The largest absolute Gasteiger partial charge is 0.309 e. The molecule has 0 saturated carbocycles. The lowest BCUT2D eigenvalue weighted by atomic mass is 10.0. The molecule has 0 amide bonds. The Balaban J connectivity index is 2.21. The minimum atomic E-state index is 0.266. The quantitative estimate of drug-likeness (QED) is 0.625. The molecule has 1 heterocycles. The number of hydrogen-bond acceptors (Lipinski definition) is 2. The van der Waals surface area contributed by atoms with Crippen molar-refractivity contribution < 1.29 is 0 Å². The first kappa shape index (κ1) is 16.3. The van der Waals surface area contributed by atoms with Crippen LogP contribution < -0.4 is 5.32 Å². The summed E-state index contributed by atoms with van der Waals surface area (Å²) in [5.41, 5.74) is 1.08. The summed E-state index contributed by atoms with van der Waals surface area (Å²) in [6, 6.07) is 10.1. The average molecular weight is 393 g/mol. The third kappa shape index (κ3) is 4.47. The normalized spacial score (nSPS) is 12.6. The first-order valence-electron chi connectivity index (χ1n) is 6.52. The van der Waals surface area contributed by atoms with E-state index in [-0.39, 0.29) is 6.04 Å². The van der Waals surface area contributed by atoms with Gasteiger partial charge in [0.25, 0.3) is 0 Å². The molecule has 0 saturated heterocycles. The highest BCUT2D eigenvalue weighted by Gasteiger charge is 2.15. The molecule has 1 aromatic carbocycles. The van der Waals surface area contributed by atoms with E-state index >= 15 is 0 Å². The Morgan fingerprint density at radius 3 is 2.70 bits per heavy atom. The first-order chi connectivity index (χ1) is 9.60. The zero-order valence-electron chi connectivity index (χ0n) is 11.1. The smallest absolute Gasteiger partial charge is 0.0701 e. The molecule has 1 nitrogen and oxygen atoms in total. The molecule has 0 radical (unpaired) electrons. The van der Waals surface area contributed by atoms with Crippen LogP contribution in [-0.2, 0) is 6.42 Å². The zero-order valence-corrected chi connectivity index (χ0v) is 15.0. The van der Waals surface area contributed by atoms with Crippen molar-refractivity contribution in [3.05, 3.63) is 54.6 Å². The van der Waals surface area contributed by atoms with Crippen molar-refractivity contribution in [3.8, 4) is 0 Å². The van der Waals surface area contributed by atoms with Crippen LogP contribution in [0.4, 0.5) is 0 Å². The first-order valence-corrected chi connectivity index (χ1v) is 8.89. The number of rotatable bonds is 6. The number of benzene rings is 1. The van der Waals surface area contributed by atoms with Crippen LogP contribution >= 0.6 is 50.5 Å². The Morgan fingerprint density at radius 1 is 1.25 bits per heavy atom. The molecular weight excluding hydrogens is 377 g/mol.